The monoisotopic (exact) mass is 424 g/mol. The highest BCUT2D eigenvalue weighted by atomic mass is 35.5. The first-order valence-electron chi connectivity index (χ1n) is 9.07. The van der Waals surface area contributed by atoms with Crippen molar-refractivity contribution in [2.45, 2.75) is 20.8 Å². The number of aryl methyl sites for hydroxylation is 3. The second-order valence-electron chi connectivity index (χ2n) is 7.06. The number of rotatable bonds is 3. The van der Waals surface area contributed by atoms with Crippen molar-refractivity contribution in [3.05, 3.63) is 80.8 Å². The van der Waals surface area contributed by atoms with E-state index in [-0.39, 0.29) is 5.91 Å². The van der Waals surface area contributed by atoms with E-state index in [9.17, 15) is 4.79 Å². The van der Waals surface area contributed by atoms with E-state index in [1.165, 1.54) is 0 Å². The zero-order valence-corrected chi connectivity index (χ0v) is 17.7. The van der Waals surface area contributed by atoms with Crippen LogP contribution in [0.3, 0.4) is 0 Å². The molecule has 0 radical (unpaired) electrons. The fraction of sp³-hybridized carbons (Fsp3) is 0.130. The number of anilines is 1. The van der Waals surface area contributed by atoms with Crippen molar-refractivity contribution in [3.63, 3.8) is 0 Å². The SMILES string of the molecule is Cc1cc(C)c2oc(-c3ccc(C)c(NC(=O)c4ccc(Cl)cc4Cl)c3)nc2c1. The number of carbonyl (C=O) groups excluding carboxylic acids is 1. The highest BCUT2D eigenvalue weighted by molar-refractivity contribution is 6.37. The summed E-state index contributed by atoms with van der Waals surface area (Å²) in [6, 6.07) is 14.5. The van der Waals surface area contributed by atoms with Crippen LogP contribution in [0.4, 0.5) is 5.69 Å². The molecule has 4 rings (SSSR count). The molecule has 1 N–H and O–H groups in total. The van der Waals surface area contributed by atoms with Gasteiger partial charge in [-0.25, -0.2) is 4.98 Å². The zero-order chi connectivity index (χ0) is 20.7. The summed E-state index contributed by atoms with van der Waals surface area (Å²) in [6.45, 7) is 5.95. The molecule has 4 aromatic rings. The molecule has 6 heteroatoms. The van der Waals surface area contributed by atoms with Gasteiger partial charge in [0, 0.05) is 16.3 Å². The lowest BCUT2D eigenvalue weighted by molar-refractivity contribution is 0.102. The minimum Gasteiger partial charge on any atom is -0.436 e. The van der Waals surface area contributed by atoms with E-state index in [0.29, 0.717) is 27.2 Å². The average molecular weight is 425 g/mol. The third-order valence-corrected chi connectivity index (χ3v) is 5.28. The Morgan fingerprint density at radius 3 is 2.52 bits per heavy atom. The van der Waals surface area contributed by atoms with Gasteiger partial charge in [-0.1, -0.05) is 35.3 Å². The number of oxazole rings is 1. The first kappa shape index (κ1) is 19.5. The summed E-state index contributed by atoms with van der Waals surface area (Å²) in [7, 11) is 0. The molecule has 3 aromatic carbocycles. The van der Waals surface area contributed by atoms with Crippen molar-refractivity contribution >= 4 is 45.9 Å². The number of hydrogen-bond acceptors (Lipinski definition) is 3. The van der Waals surface area contributed by atoms with Gasteiger partial charge in [0.2, 0.25) is 5.89 Å². The summed E-state index contributed by atoms with van der Waals surface area (Å²) in [5, 5.41) is 3.69. The molecule has 0 aliphatic carbocycles. The number of aromatic nitrogens is 1. The Hall–Kier alpha value is -2.82. The van der Waals surface area contributed by atoms with Crippen molar-refractivity contribution in [2.75, 3.05) is 5.32 Å². The Morgan fingerprint density at radius 2 is 1.76 bits per heavy atom. The lowest BCUT2D eigenvalue weighted by atomic mass is 10.1. The van der Waals surface area contributed by atoms with Gasteiger partial charge in [0.05, 0.1) is 10.6 Å². The van der Waals surface area contributed by atoms with Crippen LogP contribution in [0.5, 0.6) is 0 Å². The fourth-order valence-corrected chi connectivity index (χ4v) is 3.75. The number of nitrogens with one attached hydrogen (secondary N) is 1. The predicted molar refractivity (Wildman–Crippen MR) is 118 cm³/mol. The number of benzene rings is 3. The second-order valence-corrected chi connectivity index (χ2v) is 7.90. The van der Waals surface area contributed by atoms with Crippen LogP contribution < -0.4 is 5.32 Å². The molecule has 0 saturated carbocycles. The quantitative estimate of drug-likeness (QED) is 0.385. The summed E-state index contributed by atoms with van der Waals surface area (Å²) in [5.41, 5.74) is 6.46. The minimum absolute atomic E-state index is 0.300. The Balaban J connectivity index is 1.69. The number of amides is 1. The van der Waals surface area contributed by atoms with Crippen molar-refractivity contribution in [1.82, 2.24) is 4.98 Å². The van der Waals surface area contributed by atoms with Crippen molar-refractivity contribution in [3.8, 4) is 11.5 Å². The molecule has 1 heterocycles. The molecule has 1 aromatic heterocycles. The van der Waals surface area contributed by atoms with Gasteiger partial charge in [0.25, 0.3) is 5.91 Å². The number of carbonyl (C=O) groups is 1. The highest BCUT2D eigenvalue weighted by Gasteiger charge is 2.15. The molecule has 29 heavy (non-hydrogen) atoms. The fourth-order valence-electron chi connectivity index (χ4n) is 3.25. The van der Waals surface area contributed by atoms with Crippen molar-refractivity contribution in [2.24, 2.45) is 0 Å². The summed E-state index contributed by atoms with van der Waals surface area (Å²) in [4.78, 5) is 17.3. The van der Waals surface area contributed by atoms with Crippen LogP contribution in [0.25, 0.3) is 22.6 Å². The van der Waals surface area contributed by atoms with Gasteiger partial charge < -0.3 is 9.73 Å². The van der Waals surface area contributed by atoms with Gasteiger partial charge in [-0.15, -0.1) is 0 Å². The first-order chi connectivity index (χ1) is 13.8. The Labute approximate surface area is 178 Å². The van der Waals surface area contributed by atoms with Gasteiger partial charge in [0.15, 0.2) is 5.58 Å². The second kappa shape index (κ2) is 7.54. The van der Waals surface area contributed by atoms with Crippen LogP contribution >= 0.6 is 23.2 Å². The largest absolute Gasteiger partial charge is 0.436 e. The first-order valence-corrected chi connectivity index (χ1v) is 9.82. The molecule has 4 nitrogen and oxygen atoms in total. The van der Waals surface area contributed by atoms with E-state index in [2.05, 4.69) is 16.4 Å². The molecule has 1 amide bonds. The normalized spacial score (nSPS) is 11.1. The van der Waals surface area contributed by atoms with Gasteiger partial charge in [-0.3, -0.25) is 4.79 Å². The molecule has 0 bridgehead atoms. The van der Waals surface area contributed by atoms with Gasteiger partial charge >= 0.3 is 0 Å². The lowest BCUT2D eigenvalue weighted by Crippen LogP contribution is -2.13. The number of fused-ring (bicyclic) bond motifs is 1. The van der Waals surface area contributed by atoms with Crippen LogP contribution in [0.15, 0.2) is 52.9 Å². The van der Waals surface area contributed by atoms with Gasteiger partial charge in [-0.2, -0.15) is 0 Å². The topological polar surface area (TPSA) is 55.1 Å². The molecule has 0 unspecified atom stereocenters. The maximum atomic E-state index is 12.7. The highest BCUT2D eigenvalue weighted by Crippen LogP contribution is 2.30. The van der Waals surface area contributed by atoms with E-state index in [1.54, 1.807) is 18.2 Å². The van der Waals surface area contributed by atoms with Crippen LogP contribution in [0.1, 0.15) is 27.0 Å². The zero-order valence-electron chi connectivity index (χ0n) is 16.1. The summed E-state index contributed by atoms with van der Waals surface area (Å²) >= 11 is 12.1. The number of halogens is 2. The molecule has 0 saturated heterocycles. The van der Waals surface area contributed by atoms with E-state index >= 15 is 0 Å². The third-order valence-electron chi connectivity index (χ3n) is 4.73. The average Bonchev–Trinajstić information content (AvgIpc) is 3.07. The minimum atomic E-state index is -0.309. The summed E-state index contributed by atoms with van der Waals surface area (Å²) in [6.07, 6.45) is 0. The lowest BCUT2D eigenvalue weighted by Gasteiger charge is -2.11. The maximum Gasteiger partial charge on any atom is 0.257 e. The molecule has 0 aliphatic heterocycles. The van der Waals surface area contributed by atoms with E-state index in [4.69, 9.17) is 27.6 Å². The Bertz CT molecular complexity index is 1260. The van der Waals surface area contributed by atoms with Crippen molar-refractivity contribution < 1.29 is 9.21 Å². The third kappa shape index (κ3) is 3.86. The van der Waals surface area contributed by atoms with Crippen molar-refractivity contribution in [1.29, 1.82) is 0 Å². The summed E-state index contributed by atoms with van der Waals surface area (Å²) in [5.74, 6) is 0.199. The van der Waals surface area contributed by atoms with Gasteiger partial charge in [0.1, 0.15) is 5.52 Å². The maximum absolute atomic E-state index is 12.7. The molecule has 146 valence electrons. The Kier molecular flexibility index (Phi) is 5.07. The number of hydrogen-bond donors (Lipinski definition) is 1. The van der Waals surface area contributed by atoms with Crippen LogP contribution in [0, 0.1) is 20.8 Å². The van der Waals surface area contributed by atoms with Crippen LogP contribution in [0.2, 0.25) is 10.0 Å². The van der Waals surface area contributed by atoms with E-state index < -0.39 is 0 Å². The van der Waals surface area contributed by atoms with E-state index in [1.807, 2.05) is 45.0 Å². The molecule has 0 atom stereocenters. The Morgan fingerprint density at radius 1 is 0.966 bits per heavy atom. The van der Waals surface area contributed by atoms with Gasteiger partial charge in [-0.05, 0) is 73.9 Å². The molecule has 0 aliphatic rings. The molecule has 0 spiro atoms. The van der Waals surface area contributed by atoms with Crippen LogP contribution in [-0.4, -0.2) is 10.9 Å². The summed E-state index contributed by atoms with van der Waals surface area (Å²) < 4.78 is 6.00. The molecule has 0 fully saturated rings. The standard InChI is InChI=1S/C23H18Cl2N2O2/c1-12-8-14(3)21-20(9-12)27-23(29-21)15-5-4-13(2)19(10-15)26-22(28)17-7-6-16(24)11-18(17)25/h4-11H,1-3H3,(H,26,28). The smallest absolute Gasteiger partial charge is 0.257 e. The van der Waals surface area contributed by atoms with Crippen LogP contribution in [-0.2, 0) is 0 Å². The number of nitrogens with zero attached hydrogens (tertiary/aromatic N) is 1. The molecular weight excluding hydrogens is 407 g/mol. The molecular formula is C23H18Cl2N2O2. The predicted octanol–water partition coefficient (Wildman–Crippen LogP) is 6.98. The van der Waals surface area contributed by atoms with E-state index in [0.717, 1.165) is 33.4 Å².